The van der Waals surface area contributed by atoms with Crippen LogP contribution in [0.5, 0.6) is 0 Å². The average molecular weight is 389 g/mol. The molecule has 0 fully saturated rings. The van der Waals surface area contributed by atoms with Gasteiger partial charge in [0, 0.05) is 30.0 Å². The van der Waals surface area contributed by atoms with Crippen molar-refractivity contribution in [2.45, 2.75) is 33.1 Å². The molecule has 0 saturated heterocycles. The number of nitrogens with one attached hydrogen (secondary N) is 2. The Kier molecular flexibility index (Phi) is 8.33. The first-order valence-corrected chi connectivity index (χ1v) is 10.1. The summed E-state index contributed by atoms with van der Waals surface area (Å²) in [4.78, 5) is 23.9. The molecule has 2 amide bonds. The second-order valence-electron chi connectivity index (χ2n) is 6.34. The molecule has 2 rings (SSSR count). The summed E-state index contributed by atoms with van der Waals surface area (Å²) in [6.45, 7) is 3.96. The van der Waals surface area contributed by atoms with Gasteiger partial charge in [0.15, 0.2) is 0 Å². The molecule has 6 heteroatoms. The van der Waals surface area contributed by atoms with E-state index in [1.54, 1.807) is 23.9 Å². The maximum absolute atomic E-state index is 13.1. The minimum Gasteiger partial charge on any atom is -0.326 e. The third-order valence-electron chi connectivity index (χ3n) is 4.02. The van der Waals surface area contributed by atoms with Gasteiger partial charge in [-0.2, -0.15) is 11.8 Å². The minimum absolute atomic E-state index is 0.0110. The number of para-hydroxylation sites is 1. The quantitative estimate of drug-likeness (QED) is 0.599. The standard InChI is InChI=1S/C21H25FN2O2S/c1-15-6-3-7-16(2)21(15)24-19(25)10-5-12-27-13-11-20(26)23-18-9-4-8-17(22)14-18/h3-4,6-9,14H,5,10-13H2,1-2H3,(H,23,26)(H,24,25). The molecule has 0 bridgehead atoms. The highest BCUT2D eigenvalue weighted by atomic mass is 32.2. The van der Waals surface area contributed by atoms with E-state index in [0.717, 1.165) is 29.0 Å². The molecule has 0 saturated carbocycles. The first kappa shape index (κ1) is 21.0. The molecule has 27 heavy (non-hydrogen) atoms. The van der Waals surface area contributed by atoms with Crippen LogP contribution >= 0.6 is 11.8 Å². The molecule has 0 unspecified atom stereocenters. The molecule has 0 aromatic heterocycles. The summed E-state index contributed by atoms with van der Waals surface area (Å²) >= 11 is 1.63. The highest BCUT2D eigenvalue weighted by Gasteiger charge is 2.07. The third kappa shape index (κ3) is 7.43. The van der Waals surface area contributed by atoms with Crippen molar-refractivity contribution in [1.29, 1.82) is 0 Å². The Bertz CT molecular complexity index is 775. The molecular formula is C21H25FN2O2S. The number of thioether (sulfide) groups is 1. The lowest BCUT2D eigenvalue weighted by Crippen LogP contribution is -2.14. The van der Waals surface area contributed by atoms with Gasteiger partial charge in [-0.3, -0.25) is 9.59 Å². The van der Waals surface area contributed by atoms with Crippen LogP contribution in [0.15, 0.2) is 42.5 Å². The van der Waals surface area contributed by atoms with E-state index in [1.165, 1.54) is 12.1 Å². The fourth-order valence-electron chi connectivity index (χ4n) is 2.60. The topological polar surface area (TPSA) is 58.2 Å². The molecule has 144 valence electrons. The van der Waals surface area contributed by atoms with Crippen LogP contribution < -0.4 is 10.6 Å². The minimum atomic E-state index is -0.374. The Labute approximate surface area is 163 Å². The van der Waals surface area contributed by atoms with Gasteiger partial charge < -0.3 is 10.6 Å². The number of anilines is 2. The number of rotatable bonds is 9. The van der Waals surface area contributed by atoms with E-state index >= 15 is 0 Å². The molecule has 2 aromatic rings. The van der Waals surface area contributed by atoms with Gasteiger partial charge in [-0.05, 0) is 55.3 Å². The number of hydrogen-bond acceptors (Lipinski definition) is 3. The molecule has 4 nitrogen and oxygen atoms in total. The highest BCUT2D eigenvalue weighted by Crippen LogP contribution is 2.20. The van der Waals surface area contributed by atoms with Crippen LogP contribution in [0.3, 0.4) is 0 Å². The van der Waals surface area contributed by atoms with Gasteiger partial charge in [0.1, 0.15) is 5.82 Å². The summed E-state index contributed by atoms with van der Waals surface area (Å²) < 4.78 is 13.1. The molecular weight excluding hydrogens is 363 g/mol. The Morgan fingerprint density at radius 1 is 0.926 bits per heavy atom. The monoisotopic (exact) mass is 388 g/mol. The zero-order valence-electron chi connectivity index (χ0n) is 15.7. The lowest BCUT2D eigenvalue weighted by Gasteiger charge is -2.11. The maximum Gasteiger partial charge on any atom is 0.225 e. The second kappa shape index (κ2) is 10.7. The van der Waals surface area contributed by atoms with Crippen LogP contribution in [0.2, 0.25) is 0 Å². The van der Waals surface area contributed by atoms with Gasteiger partial charge >= 0.3 is 0 Å². The normalized spacial score (nSPS) is 10.5. The number of amides is 2. The summed E-state index contributed by atoms with van der Waals surface area (Å²) in [7, 11) is 0. The molecule has 2 aromatic carbocycles. The molecule has 0 heterocycles. The largest absolute Gasteiger partial charge is 0.326 e. The number of halogens is 1. The summed E-state index contributed by atoms with van der Waals surface area (Å²) in [5.74, 6) is 0.978. The fourth-order valence-corrected chi connectivity index (χ4v) is 3.49. The van der Waals surface area contributed by atoms with Crippen molar-refractivity contribution in [2.24, 2.45) is 0 Å². The predicted octanol–water partition coefficient (Wildman–Crippen LogP) is 4.92. The van der Waals surface area contributed by atoms with Gasteiger partial charge in [-0.15, -0.1) is 0 Å². The smallest absolute Gasteiger partial charge is 0.225 e. The lowest BCUT2D eigenvalue weighted by molar-refractivity contribution is -0.116. The first-order chi connectivity index (χ1) is 13.0. The van der Waals surface area contributed by atoms with Gasteiger partial charge in [0.25, 0.3) is 0 Å². The van der Waals surface area contributed by atoms with Gasteiger partial charge in [0.2, 0.25) is 11.8 Å². The van der Waals surface area contributed by atoms with Crippen LogP contribution in [0, 0.1) is 19.7 Å². The molecule has 0 spiro atoms. The van der Waals surface area contributed by atoms with Gasteiger partial charge in [-0.1, -0.05) is 24.3 Å². The number of benzene rings is 2. The Hall–Kier alpha value is -2.34. The molecule has 0 aliphatic heterocycles. The van der Waals surface area contributed by atoms with Crippen molar-refractivity contribution in [3.05, 3.63) is 59.4 Å². The van der Waals surface area contributed by atoms with Crippen molar-refractivity contribution >= 4 is 35.0 Å². The summed E-state index contributed by atoms with van der Waals surface area (Å²) in [5.41, 5.74) is 3.47. The number of carbonyl (C=O) groups is 2. The van der Waals surface area contributed by atoms with Crippen molar-refractivity contribution in [1.82, 2.24) is 0 Å². The van der Waals surface area contributed by atoms with E-state index < -0.39 is 0 Å². The zero-order valence-corrected chi connectivity index (χ0v) is 16.5. The Morgan fingerprint density at radius 2 is 1.59 bits per heavy atom. The van der Waals surface area contributed by atoms with E-state index in [2.05, 4.69) is 10.6 Å². The average Bonchev–Trinajstić information content (AvgIpc) is 2.61. The Balaban J connectivity index is 1.59. The van der Waals surface area contributed by atoms with Crippen molar-refractivity contribution < 1.29 is 14.0 Å². The Morgan fingerprint density at radius 3 is 2.30 bits per heavy atom. The number of hydrogen-bond donors (Lipinski definition) is 2. The number of carbonyl (C=O) groups excluding carboxylic acids is 2. The van der Waals surface area contributed by atoms with E-state index in [1.807, 2.05) is 32.0 Å². The zero-order chi connectivity index (χ0) is 19.6. The molecule has 0 aliphatic rings. The number of aryl methyl sites for hydroxylation is 2. The molecule has 0 atom stereocenters. The molecule has 0 aliphatic carbocycles. The summed E-state index contributed by atoms with van der Waals surface area (Å²) in [6.07, 6.45) is 1.57. The predicted molar refractivity (Wildman–Crippen MR) is 111 cm³/mol. The van der Waals surface area contributed by atoms with E-state index in [0.29, 0.717) is 24.3 Å². The molecule has 0 radical (unpaired) electrons. The molecule has 2 N–H and O–H groups in total. The van der Waals surface area contributed by atoms with Crippen LogP contribution in [-0.2, 0) is 9.59 Å². The van der Waals surface area contributed by atoms with E-state index in [-0.39, 0.29) is 17.6 Å². The van der Waals surface area contributed by atoms with Crippen LogP contribution in [0.1, 0.15) is 30.4 Å². The maximum atomic E-state index is 13.1. The van der Waals surface area contributed by atoms with Crippen LogP contribution in [0.4, 0.5) is 15.8 Å². The van der Waals surface area contributed by atoms with Crippen LogP contribution in [0.25, 0.3) is 0 Å². The van der Waals surface area contributed by atoms with E-state index in [9.17, 15) is 14.0 Å². The van der Waals surface area contributed by atoms with Gasteiger partial charge in [0.05, 0.1) is 0 Å². The highest BCUT2D eigenvalue weighted by molar-refractivity contribution is 7.99. The fraction of sp³-hybridized carbons (Fsp3) is 0.333. The van der Waals surface area contributed by atoms with Crippen LogP contribution in [-0.4, -0.2) is 23.3 Å². The second-order valence-corrected chi connectivity index (χ2v) is 7.56. The van der Waals surface area contributed by atoms with E-state index in [4.69, 9.17) is 0 Å². The third-order valence-corrected chi connectivity index (χ3v) is 5.09. The van der Waals surface area contributed by atoms with Crippen molar-refractivity contribution in [3.8, 4) is 0 Å². The SMILES string of the molecule is Cc1cccc(C)c1NC(=O)CCCSCCC(=O)Nc1cccc(F)c1. The summed E-state index contributed by atoms with van der Waals surface area (Å²) in [5, 5.41) is 5.65. The lowest BCUT2D eigenvalue weighted by atomic mass is 10.1. The van der Waals surface area contributed by atoms with Crippen molar-refractivity contribution in [3.63, 3.8) is 0 Å². The summed E-state index contributed by atoms with van der Waals surface area (Å²) in [6, 6.07) is 11.8. The van der Waals surface area contributed by atoms with Gasteiger partial charge in [-0.25, -0.2) is 4.39 Å². The first-order valence-electron chi connectivity index (χ1n) is 8.95. The van der Waals surface area contributed by atoms with Crippen molar-refractivity contribution in [2.75, 3.05) is 22.1 Å².